The average molecular weight is 250 g/mol. The summed E-state index contributed by atoms with van der Waals surface area (Å²) in [6.07, 6.45) is 6.68. The summed E-state index contributed by atoms with van der Waals surface area (Å²) >= 11 is 0. The fourth-order valence-electron chi connectivity index (χ4n) is 3.40. The van der Waals surface area contributed by atoms with E-state index in [-0.39, 0.29) is 0 Å². The van der Waals surface area contributed by atoms with Gasteiger partial charge in [0.1, 0.15) is 0 Å². The van der Waals surface area contributed by atoms with Gasteiger partial charge in [-0.1, -0.05) is 19.3 Å². The third-order valence-corrected chi connectivity index (χ3v) is 4.36. The first-order valence-electron chi connectivity index (χ1n) is 7.03. The first-order chi connectivity index (χ1) is 8.78. The van der Waals surface area contributed by atoms with Crippen LogP contribution in [0.5, 0.6) is 0 Å². The van der Waals surface area contributed by atoms with E-state index in [0.29, 0.717) is 11.4 Å². The summed E-state index contributed by atoms with van der Waals surface area (Å²) in [5.41, 5.74) is 0.332. The Labute approximate surface area is 108 Å². The molecule has 3 rings (SSSR count). The summed E-state index contributed by atoms with van der Waals surface area (Å²) in [5, 5.41) is 11.6. The predicted octanol–water partition coefficient (Wildman–Crippen LogP) is 1.49. The molecule has 2 heterocycles. The molecule has 1 spiro atoms. The van der Waals surface area contributed by atoms with Crippen molar-refractivity contribution in [2.75, 3.05) is 19.6 Å². The second-order valence-electron chi connectivity index (χ2n) is 5.60. The van der Waals surface area contributed by atoms with E-state index in [2.05, 4.69) is 20.4 Å². The summed E-state index contributed by atoms with van der Waals surface area (Å²) in [6.45, 7) is 5.92. The van der Waals surface area contributed by atoms with Crippen LogP contribution in [0.15, 0.2) is 4.42 Å². The maximum absolute atomic E-state index is 5.54. The summed E-state index contributed by atoms with van der Waals surface area (Å²) in [4.78, 5) is 2.57. The number of hydrogen-bond donors (Lipinski definition) is 1. The number of rotatable bonds is 2. The van der Waals surface area contributed by atoms with Crippen LogP contribution in [0.2, 0.25) is 0 Å². The van der Waals surface area contributed by atoms with Gasteiger partial charge in [-0.3, -0.25) is 4.90 Å². The molecule has 100 valence electrons. The van der Waals surface area contributed by atoms with Gasteiger partial charge in [0.25, 0.3) is 0 Å². The lowest BCUT2D eigenvalue weighted by Crippen LogP contribution is -2.61. The first-order valence-corrected chi connectivity index (χ1v) is 7.03. The van der Waals surface area contributed by atoms with Gasteiger partial charge in [0.15, 0.2) is 0 Å². The Bertz CT molecular complexity index is 389. The molecule has 5 nitrogen and oxygen atoms in total. The van der Waals surface area contributed by atoms with Crippen LogP contribution in [0.1, 0.15) is 43.9 Å². The lowest BCUT2D eigenvalue weighted by molar-refractivity contribution is 0.0146. The van der Waals surface area contributed by atoms with Gasteiger partial charge in [-0.2, -0.15) is 0 Å². The van der Waals surface area contributed by atoms with E-state index in [0.717, 1.165) is 32.1 Å². The first kappa shape index (κ1) is 12.1. The smallest absolute Gasteiger partial charge is 0.230 e. The van der Waals surface area contributed by atoms with E-state index in [1.54, 1.807) is 0 Å². The number of aryl methyl sites for hydroxylation is 1. The van der Waals surface area contributed by atoms with Crippen molar-refractivity contribution in [1.29, 1.82) is 0 Å². The molecule has 0 radical (unpaired) electrons. The second kappa shape index (κ2) is 4.97. The number of nitrogens with one attached hydrogen (secondary N) is 1. The zero-order chi connectivity index (χ0) is 12.4. The Morgan fingerprint density at radius 1 is 1.28 bits per heavy atom. The Morgan fingerprint density at radius 2 is 2.11 bits per heavy atom. The molecular weight excluding hydrogens is 228 g/mol. The van der Waals surface area contributed by atoms with E-state index in [1.165, 1.54) is 32.1 Å². The Morgan fingerprint density at radius 3 is 2.83 bits per heavy atom. The molecule has 5 heteroatoms. The van der Waals surface area contributed by atoms with E-state index in [4.69, 9.17) is 4.42 Å². The lowest BCUT2D eigenvalue weighted by atomic mass is 9.79. The molecule has 0 bridgehead atoms. The molecule has 18 heavy (non-hydrogen) atoms. The van der Waals surface area contributed by atoms with Crippen molar-refractivity contribution in [3.8, 4) is 0 Å². The molecule has 1 aromatic rings. The van der Waals surface area contributed by atoms with Crippen LogP contribution in [-0.4, -0.2) is 40.3 Å². The zero-order valence-electron chi connectivity index (χ0n) is 11.1. The molecule has 1 saturated heterocycles. The molecule has 1 aromatic heterocycles. The molecule has 1 aliphatic carbocycles. The molecule has 1 N–H and O–H groups in total. The van der Waals surface area contributed by atoms with Gasteiger partial charge >= 0.3 is 0 Å². The Balaban J connectivity index is 1.75. The fraction of sp³-hybridized carbons (Fsp3) is 0.846. The van der Waals surface area contributed by atoms with Crippen molar-refractivity contribution in [2.24, 2.45) is 0 Å². The van der Waals surface area contributed by atoms with Crippen LogP contribution in [0.4, 0.5) is 0 Å². The molecule has 0 aromatic carbocycles. The third-order valence-electron chi connectivity index (χ3n) is 4.36. The summed E-state index contributed by atoms with van der Waals surface area (Å²) in [5.74, 6) is 1.43. The maximum atomic E-state index is 5.54. The average Bonchev–Trinajstić information content (AvgIpc) is 2.79. The standard InChI is InChI=1S/C13H22N4O/c1-11-15-16-12(18-11)9-17-8-7-14-10-13(17)5-3-2-4-6-13/h14H,2-10H2,1H3. The minimum absolute atomic E-state index is 0.332. The summed E-state index contributed by atoms with van der Waals surface area (Å²) < 4.78 is 5.54. The SMILES string of the molecule is Cc1nnc(CN2CCNCC23CCCCC3)o1. The molecule has 1 saturated carbocycles. The van der Waals surface area contributed by atoms with Crippen LogP contribution in [-0.2, 0) is 6.54 Å². The fourth-order valence-corrected chi connectivity index (χ4v) is 3.40. The Hall–Kier alpha value is -0.940. The van der Waals surface area contributed by atoms with Crippen molar-refractivity contribution >= 4 is 0 Å². The van der Waals surface area contributed by atoms with Crippen LogP contribution >= 0.6 is 0 Å². The van der Waals surface area contributed by atoms with Crippen molar-refractivity contribution in [3.63, 3.8) is 0 Å². The number of aromatic nitrogens is 2. The van der Waals surface area contributed by atoms with Crippen LogP contribution in [0.3, 0.4) is 0 Å². The van der Waals surface area contributed by atoms with Crippen molar-refractivity contribution in [2.45, 2.75) is 51.1 Å². The molecule has 2 fully saturated rings. The van der Waals surface area contributed by atoms with Gasteiger partial charge < -0.3 is 9.73 Å². The zero-order valence-corrected chi connectivity index (χ0v) is 11.1. The van der Waals surface area contributed by atoms with Crippen molar-refractivity contribution in [3.05, 3.63) is 11.8 Å². The van der Waals surface area contributed by atoms with E-state index < -0.39 is 0 Å². The highest BCUT2D eigenvalue weighted by molar-refractivity contribution is 4.99. The minimum atomic E-state index is 0.332. The van der Waals surface area contributed by atoms with Crippen LogP contribution in [0, 0.1) is 6.92 Å². The van der Waals surface area contributed by atoms with E-state index in [9.17, 15) is 0 Å². The lowest BCUT2D eigenvalue weighted by Gasteiger charge is -2.49. The van der Waals surface area contributed by atoms with Crippen LogP contribution < -0.4 is 5.32 Å². The Kier molecular flexibility index (Phi) is 3.35. The highest BCUT2D eigenvalue weighted by Gasteiger charge is 2.40. The monoisotopic (exact) mass is 250 g/mol. The number of piperazine rings is 1. The van der Waals surface area contributed by atoms with E-state index in [1.807, 2.05) is 6.92 Å². The molecule has 0 atom stereocenters. The molecule has 2 aliphatic rings. The molecule has 0 unspecified atom stereocenters. The van der Waals surface area contributed by atoms with Gasteiger partial charge in [0.2, 0.25) is 11.8 Å². The van der Waals surface area contributed by atoms with Gasteiger partial charge in [-0.25, -0.2) is 0 Å². The normalized spacial score (nSPS) is 24.5. The maximum Gasteiger partial charge on any atom is 0.230 e. The number of hydrogen-bond acceptors (Lipinski definition) is 5. The van der Waals surface area contributed by atoms with Gasteiger partial charge in [0.05, 0.1) is 6.54 Å². The second-order valence-corrected chi connectivity index (χ2v) is 5.60. The topological polar surface area (TPSA) is 54.2 Å². The number of nitrogens with zero attached hydrogens (tertiary/aromatic N) is 3. The summed E-state index contributed by atoms with van der Waals surface area (Å²) in [7, 11) is 0. The van der Waals surface area contributed by atoms with E-state index >= 15 is 0 Å². The summed E-state index contributed by atoms with van der Waals surface area (Å²) in [6, 6.07) is 0. The molecule has 0 amide bonds. The van der Waals surface area contributed by atoms with Crippen LogP contribution in [0.25, 0.3) is 0 Å². The highest BCUT2D eigenvalue weighted by Crippen LogP contribution is 2.35. The van der Waals surface area contributed by atoms with Crippen molar-refractivity contribution in [1.82, 2.24) is 20.4 Å². The quantitative estimate of drug-likeness (QED) is 0.861. The molecule has 1 aliphatic heterocycles. The van der Waals surface area contributed by atoms with Gasteiger partial charge in [-0.15, -0.1) is 10.2 Å². The minimum Gasteiger partial charge on any atom is -0.424 e. The van der Waals surface area contributed by atoms with Gasteiger partial charge in [0, 0.05) is 32.1 Å². The largest absolute Gasteiger partial charge is 0.424 e. The molecular formula is C13H22N4O. The predicted molar refractivity (Wildman–Crippen MR) is 68.1 cm³/mol. The van der Waals surface area contributed by atoms with Crippen molar-refractivity contribution < 1.29 is 4.42 Å². The third kappa shape index (κ3) is 2.29. The highest BCUT2D eigenvalue weighted by atomic mass is 16.4. The van der Waals surface area contributed by atoms with Gasteiger partial charge in [-0.05, 0) is 12.8 Å².